The molecule has 2 aromatic heterocycles. The molecule has 4 aromatic rings. The van der Waals surface area contributed by atoms with E-state index in [-0.39, 0.29) is 0 Å². The SMILES string of the molecule is CCCCc1nc2c(n1Cc1ccc(-c3ccccc3-c3nn[nH]n3)cc1)CCC(C(C)C)CC2. The van der Waals surface area contributed by atoms with Crippen molar-refractivity contribution in [3.63, 3.8) is 0 Å². The van der Waals surface area contributed by atoms with Crippen LogP contribution >= 0.6 is 0 Å². The monoisotopic (exact) mass is 468 g/mol. The Kier molecular flexibility index (Phi) is 7.07. The number of aromatic nitrogens is 6. The van der Waals surface area contributed by atoms with Crippen molar-refractivity contribution < 1.29 is 0 Å². The average Bonchev–Trinajstić information content (AvgIpc) is 3.46. The van der Waals surface area contributed by atoms with Crippen LogP contribution in [-0.4, -0.2) is 30.2 Å². The molecule has 1 aliphatic rings. The molecule has 6 nitrogen and oxygen atoms in total. The van der Waals surface area contributed by atoms with Gasteiger partial charge in [-0.2, -0.15) is 5.21 Å². The Balaban J connectivity index is 1.42. The van der Waals surface area contributed by atoms with Crippen molar-refractivity contribution in [3.05, 3.63) is 71.3 Å². The van der Waals surface area contributed by atoms with E-state index < -0.39 is 0 Å². The summed E-state index contributed by atoms with van der Waals surface area (Å²) in [5.41, 5.74) is 7.39. The van der Waals surface area contributed by atoms with Crippen LogP contribution < -0.4 is 0 Å². The van der Waals surface area contributed by atoms with Gasteiger partial charge >= 0.3 is 0 Å². The van der Waals surface area contributed by atoms with Crippen LogP contribution in [0, 0.1) is 11.8 Å². The molecule has 35 heavy (non-hydrogen) atoms. The number of hydrogen-bond donors (Lipinski definition) is 1. The quantitative estimate of drug-likeness (QED) is 0.309. The van der Waals surface area contributed by atoms with Gasteiger partial charge in [0.1, 0.15) is 5.82 Å². The predicted molar refractivity (Wildman–Crippen MR) is 140 cm³/mol. The predicted octanol–water partition coefficient (Wildman–Crippen LogP) is 6.27. The maximum absolute atomic E-state index is 5.18. The molecular weight excluding hydrogens is 432 g/mol. The van der Waals surface area contributed by atoms with Crippen LogP contribution in [0.15, 0.2) is 48.5 Å². The molecule has 0 fully saturated rings. The topological polar surface area (TPSA) is 72.3 Å². The van der Waals surface area contributed by atoms with E-state index in [0.717, 1.165) is 54.3 Å². The van der Waals surface area contributed by atoms with Crippen molar-refractivity contribution in [1.82, 2.24) is 30.2 Å². The van der Waals surface area contributed by atoms with Gasteiger partial charge in [-0.15, -0.1) is 10.2 Å². The number of H-pyrrole nitrogens is 1. The van der Waals surface area contributed by atoms with Crippen molar-refractivity contribution in [3.8, 4) is 22.5 Å². The maximum Gasteiger partial charge on any atom is 0.205 e. The van der Waals surface area contributed by atoms with Crippen LogP contribution in [0.25, 0.3) is 22.5 Å². The van der Waals surface area contributed by atoms with Crippen LogP contribution in [0.2, 0.25) is 0 Å². The summed E-state index contributed by atoms with van der Waals surface area (Å²) in [6.45, 7) is 7.89. The van der Waals surface area contributed by atoms with E-state index in [2.05, 4.69) is 82.4 Å². The third-order valence-corrected chi connectivity index (χ3v) is 7.55. The van der Waals surface area contributed by atoms with Gasteiger partial charge in [0, 0.05) is 24.2 Å². The van der Waals surface area contributed by atoms with E-state index in [9.17, 15) is 0 Å². The first-order chi connectivity index (χ1) is 17.1. The number of nitrogens with zero attached hydrogens (tertiary/aromatic N) is 5. The second kappa shape index (κ2) is 10.5. The molecule has 0 radical (unpaired) electrons. The fourth-order valence-corrected chi connectivity index (χ4v) is 5.42. The first-order valence-electron chi connectivity index (χ1n) is 13.1. The highest BCUT2D eigenvalue weighted by Crippen LogP contribution is 2.32. The van der Waals surface area contributed by atoms with Gasteiger partial charge in [-0.1, -0.05) is 75.7 Å². The Hall–Kier alpha value is -3.28. The van der Waals surface area contributed by atoms with Gasteiger partial charge < -0.3 is 4.57 Å². The van der Waals surface area contributed by atoms with Crippen molar-refractivity contribution in [1.29, 1.82) is 0 Å². The zero-order valence-electron chi connectivity index (χ0n) is 21.2. The second-order valence-corrected chi connectivity index (χ2v) is 10.2. The molecule has 1 unspecified atom stereocenters. The number of imidazole rings is 1. The summed E-state index contributed by atoms with van der Waals surface area (Å²) in [6, 6.07) is 17.2. The fourth-order valence-electron chi connectivity index (χ4n) is 5.42. The molecule has 0 saturated carbocycles. The second-order valence-electron chi connectivity index (χ2n) is 10.2. The molecule has 5 rings (SSSR count). The van der Waals surface area contributed by atoms with Crippen molar-refractivity contribution >= 4 is 0 Å². The molecule has 1 aliphatic carbocycles. The summed E-state index contributed by atoms with van der Waals surface area (Å²) in [5, 5.41) is 14.7. The van der Waals surface area contributed by atoms with E-state index in [1.54, 1.807) is 0 Å². The van der Waals surface area contributed by atoms with Crippen LogP contribution in [0.3, 0.4) is 0 Å². The fraction of sp³-hybridized carbons (Fsp3) is 0.448. The lowest BCUT2D eigenvalue weighted by Gasteiger charge is -2.18. The normalized spacial score (nSPS) is 15.8. The molecule has 2 aromatic carbocycles. The van der Waals surface area contributed by atoms with Gasteiger partial charge in [0.15, 0.2) is 0 Å². The van der Waals surface area contributed by atoms with Crippen LogP contribution in [-0.2, 0) is 25.8 Å². The Morgan fingerprint density at radius 1 is 1.00 bits per heavy atom. The van der Waals surface area contributed by atoms with Gasteiger partial charge in [-0.25, -0.2) is 4.98 Å². The van der Waals surface area contributed by atoms with E-state index in [4.69, 9.17) is 4.98 Å². The van der Waals surface area contributed by atoms with Crippen LogP contribution in [0.1, 0.15) is 69.2 Å². The summed E-state index contributed by atoms with van der Waals surface area (Å²) >= 11 is 0. The van der Waals surface area contributed by atoms with E-state index >= 15 is 0 Å². The summed E-state index contributed by atoms with van der Waals surface area (Å²) in [4.78, 5) is 5.18. The number of fused-ring (bicyclic) bond motifs is 1. The standard InChI is InChI=1S/C29H36N6/c1-4-5-10-28-30-26-17-15-22(20(2)3)16-18-27(26)35(28)19-21-11-13-23(14-12-21)24-8-6-7-9-25(24)29-31-33-34-32-29/h6-9,11-14,20,22H,4-5,10,15-19H2,1-3H3,(H,31,32,33,34). The molecule has 1 atom stereocenters. The van der Waals surface area contributed by atoms with Gasteiger partial charge in [-0.05, 0) is 65.8 Å². The lowest BCUT2D eigenvalue weighted by atomic mass is 9.89. The molecular formula is C29H36N6. The highest BCUT2D eigenvalue weighted by Gasteiger charge is 2.24. The molecule has 182 valence electrons. The smallest absolute Gasteiger partial charge is 0.205 e. The summed E-state index contributed by atoms with van der Waals surface area (Å²) < 4.78 is 2.54. The van der Waals surface area contributed by atoms with Crippen LogP contribution in [0.5, 0.6) is 0 Å². The largest absolute Gasteiger partial charge is 0.327 e. The molecule has 0 aliphatic heterocycles. The average molecular weight is 469 g/mol. The zero-order valence-corrected chi connectivity index (χ0v) is 21.2. The van der Waals surface area contributed by atoms with Gasteiger partial charge in [0.25, 0.3) is 0 Å². The van der Waals surface area contributed by atoms with Gasteiger partial charge in [-0.3, -0.25) is 0 Å². The lowest BCUT2D eigenvalue weighted by Crippen LogP contribution is -2.12. The number of rotatable bonds is 8. The number of unbranched alkanes of at least 4 members (excludes halogenated alkanes) is 1. The Labute approximate surface area is 208 Å². The number of benzene rings is 2. The molecule has 6 heteroatoms. The van der Waals surface area contributed by atoms with Crippen molar-refractivity contribution in [2.45, 2.75) is 72.3 Å². The number of tetrazole rings is 1. The van der Waals surface area contributed by atoms with Crippen LogP contribution in [0.4, 0.5) is 0 Å². The minimum absolute atomic E-state index is 0.617. The first kappa shape index (κ1) is 23.5. The zero-order chi connectivity index (χ0) is 24.2. The van der Waals surface area contributed by atoms with Crippen molar-refractivity contribution in [2.24, 2.45) is 11.8 Å². The minimum atomic E-state index is 0.617. The molecule has 0 saturated heterocycles. The number of nitrogens with one attached hydrogen (secondary N) is 1. The highest BCUT2D eigenvalue weighted by molar-refractivity contribution is 5.80. The van der Waals surface area contributed by atoms with Gasteiger partial charge in [0.05, 0.1) is 5.69 Å². The third kappa shape index (κ3) is 5.07. The molecule has 0 bridgehead atoms. The number of aryl methyl sites for hydroxylation is 2. The van der Waals surface area contributed by atoms with E-state index in [1.165, 1.54) is 48.5 Å². The summed E-state index contributed by atoms with van der Waals surface area (Å²) in [7, 11) is 0. The number of hydrogen-bond acceptors (Lipinski definition) is 4. The van der Waals surface area contributed by atoms with Gasteiger partial charge in [0.2, 0.25) is 5.82 Å². The third-order valence-electron chi connectivity index (χ3n) is 7.55. The Morgan fingerprint density at radius 2 is 1.77 bits per heavy atom. The molecule has 0 amide bonds. The van der Waals surface area contributed by atoms with E-state index in [1.807, 2.05) is 12.1 Å². The Morgan fingerprint density at radius 3 is 2.49 bits per heavy atom. The Bertz CT molecular complexity index is 1240. The molecule has 0 spiro atoms. The summed E-state index contributed by atoms with van der Waals surface area (Å²) in [5.74, 6) is 3.43. The molecule has 1 N–H and O–H groups in total. The van der Waals surface area contributed by atoms with Crippen molar-refractivity contribution in [2.75, 3.05) is 0 Å². The first-order valence-corrected chi connectivity index (χ1v) is 13.1. The van der Waals surface area contributed by atoms with E-state index in [0.29, 0.717) is 5.82 Å². The highest BCUT2D eigenvalue weighted by atomic mass is 15.5. The molecule has 2 heterocycles. The lowest BCUT2D eigenvalue weighted by molar-refractivity contribution is 0.342. The summed E-state index contributed by atoms with van der Waals surface area (Å²) in [6.07, 6.45) is 8.26. The minimum Gasteiger partial charge on any atom is -0.327 e. The maximum atomic E-state index is 5.18. The number of aromatic amines is 1.